The Morgan fingerprint density at radius 1 is 1.00 bits per heavy atom. The van der Waals surface area contributed by atoms with Crippen LogP contribution >= 0.6 is 0 Å². The normalized spacial score (nSPS) is 52.7. The van der Waals surface area contributed by atoms with Gasteiger partial charge in [-0.3, -0.25) is 4.90 Å². The number of carbonyl (C=O) groups excluding carboxylic acids is 1. The van der Waals surface area contributed by atoms with Crippen molar-refractivity contribution in [1.82, 2.24) is 4.90 Å². The molecule has 1 saturated heterocycles. The van der Waals surface area contributed by atoms with Crippen LogP contribution in [0, 0.1) is 34.5 Å². The molecular weight excluding hydrogens is 558 g/mol. The summed E-state index contributed by atoms with van der Waals surface area (Å²) in [6, 6.07) is 8.25. The van der Waals surface area contributed by atoms with Crippen molar-refractivity contribution >= 4 is 5.97 Å². The van der Waals surface area contributed by atoms with Crippen LogP contribution < -0.4 is 0 Å². The highest BCUT2D eigenvalue weighted by molar-refractivity contribution is 5.89. The molecule has 6 fully saturated rings. The van der Waals surface area contributed by atoms with Crippen LogP contribution in [0.25, 0.3) is 0 Å². The van der Waals surface area contributed by atoms with Crippen molar-refractivity contribution in [1.29, 1.82) is 0 Å². The largest absolute Gasteiger partial charge is 0.455 e. The molecule has 0 unspecified atom stereocenters. The number of likely N-dealkylation sites (tertiary alicyclic amines) is 1. The summed E-state index contributed by atoms with van der Waals surface area (Å²) in [5, 5.41) is 49.7. The zero-order chi connectivity index (χ0) is 30.7. The Labute approximate surface area is 252 Å². The van der Waals surface area contributed by atoms with Crippen molar-refractivity contribution in [3.8, 4) is 0 Å². The number of aliphatic hydroxyl groups is 4. The van der Waals surface area contributed by atoms with Gasteiger partial charge >= 0.3 is 5.97 Å². The van der Waals surface area contributed by atoms with Crippen molar-refractivity contribution in [2.24, 2.45) is 34.5 Å². The SMILES string of the molecule is CCN1C[C@]2(COC)[C@H](O)C[C@H](OC)[C@@]34[C@@H]5C[C@]6(O)[C@H](OC(=O)c7ccccc7)[C@@H]5[C@@](O)([C@@H]([C@H](OC)[C@H]23)[C@H]14)[C@@H](O)[C@@H]6OC. The minimum absolute atomic E-state index is 0.106. The molecular formula is C32H45NO10. The van der Waals surface area contributed by atoms with Crippen LogP contribution in [0.3, 0.4) is 0 Å². The van der Waals surface area contributed by atoms with E-state index in [1.165, 1.54) is 7.11 Å². The first-order valence-corrected chi connectivity index (χ1v) is 15.5. The molecule has 11 nitrogen and oxygen atoms in total. The Kier molecular flexibility index (Phi) is 6.92. The summed E-state index contributed by atoms with van der Waals surface area (Å²) in [4.78, 5) is 15.8. The minimum atomic E-state index is -1.86. The molecule has 4 N–H and O–H groups in total. The second-order valence-electron chi connectivity index (χ2n) is 13.9. The molecule has 5 aliphatic carbocycles. The average molecular weight is 604 g/mol. The Bertz CT molecular complexity index is 1250. The van der Waals surface area contributed by atoms with E-state index >= 15 is 0 Å². The summed E-state index contributed by atoms with van der Waals surface area (Å²) < 4.78 is 30.5. The molecule has 238 valence electrons. The number of methoxy groups -OCH3 is 4. The lowest BCUT2D eigenvalue weighted by molar-refractivity contribution is -0.320. The zero-order valence-electron chi connectivity index (χ0n) is 25.5. The first-order chi connectivity index (χ1) is 20.6. The minimum Gasteiger partial charge on any atom is -0.455 e. The molecule has 11 heteroatoms. The van der Waals surface area contributed by atoms with Gasteiger partial charge in [0.2, 0.25) is 0 Å². The second-order valence-corrected chi connectivity index (χ2v) is 13.9. The summed E-state index contributed by atoms with van der Waals surface area (Å²) in [6.45, 7) is 3.46. The summed E-state index contributed by atoms with van der Waals surface area (Å²) >= 11 is 0. The van der Waals surface area contributed by atoms with Gasteiger partial charge in [-0.15, -0.1) is 0 Å². The molecule has 1 aromatic carbocycles. The number of carbonyl (C=O) groups is 1. The number of benzene rings is 1. The summed E-state index contributed by atoms with van der Waals surface area (Å²) in [5.41, 5.74) is -4.81. The fourth-order valence-electron chi connectivity index (χ4n) is 11.9. The maximum absolute atomic E-state index is 13.6. The van der Waals surface area contributed by atoms with E-state index in [-0.39, 0.29) is 25.0 Å². The molecule has 1 heterocycles. The van der Waals surface area contributed by atoms with Crippen LogP contribution in [0.2, 0.25) is 0 Å². The fraction of sp³-hybridized carbons (Fsp3) is 0.781. The van der Waals surface area contributed by atoms with Gasteiger partial charge in [0.15, 0.2) is 0 Å². The summed E-state index contributed by atoms with van der Waals surface area (Å²) in [7, 11) is 6.29. The third-order valence-electron chi connectivity index (χ3n) is 12.9. The molecule has 1 aliphatic heterocycles. The molecule has 0 radical (unpaired) electrons. The molecule has 0 aromatic heterocycles. The molecule has 15 atom stereocenters. The number of hydrogen-bond donors (Lipinski definition) is 4. The van der Waals surface area contributed by atoms with Gasteiger partial charge in [-0.05, 0) is 31.0 Å². The standard InChI is InChI=1S/C32H45NO10/c1-6-33-14-29(15-39-2)18(34)12-19(40-3)31-17-13-30(37)26(43-28(36)16-10-8-7-9-11-16)20(17)32(38,25(35)27(30)42-5)21(24(31)33)22(41-4)23(29)31/h7-11,17-27,34-35,37-38H,6,12-15H2,1-5H3/t17-,18-,19+,20-,21+,22+,23-,24+,25+,26-,27+,29+,30+,31+,32-/m1/s1. The smallest absolute Gasteiger partial charge is 0.338 e. The second kappa shape index (κ2) is 9.91. The molecule has 7 rings (SSSR count). The average Bonchev–Trinajstić information content (AvgIpc) is 3.39. The number of rotatable bonds is 8. The molecule has 6 aliphatic rings. The van der Waals surface area contributed by atoms with Crippen LogP contribution in [0.4, 0.5) is 0 Å². The Morgan fingerprint density at radius 3 is 2.33 bits per heavy atom. The summed E-state index contributed by atoms with van der Waals surface area (Å²) in [5.74, 6) is -2.94. The van der Waals surface area contributed by atoms with Crippen LogP contribution in [-0.4, -0.2) is 133 Å². The van der Waals surface area contributed by atoms with Gasteiger partial charge in [-0.1, -0.05) is 25.1 Å². The van der Waals surface area contributed by atoms with E-state index in [4.69, 9.17) is 23.7 Å². The predicted octanol–water partition coefficient (Wildman–Crippen LogP) is 0.0773. The van der Waals surface area contributed by atoms with Gasteiger partial charge in [0.05, 0.1) is 30.5 Å². The third-order valence-corrected chi connectivity index (χ3v) is 12.9. The number of aliphatic hydroxyl groups excluding tert-OH is 2. The quantitative estimate of drug-likeness (QED) is 0.300. The van der Waals surface area contributed by atoms with Crippen molar-refractivity contribution < 1.29 is 48.9 Å². The Morgan fingerprint density at radius 2 is 1.72 bits per heavy atom. The van der Waals surface area contributed by atoms with E-state index in [0.29, 0.717) is 25.1 Å². The van der Waals surface area contributed by atoms with Crippen molar-refractivity contribution in [3.05, 3.63) is 35.9 Å². The molecule has 1 aromatic rings. The van der Waals surface area contributed by atoms with Crippen molar-refractivity contribution in [2.45, 2.75) is 73.6 Å². The van der Waals surface area contributed by atoms with Gasteiger partial charge in [0, 0.05) is 76.0 Å². The molecule has 7 bridgehead atoms. The number of hydrogen-bond acceptors (Lipinski definition) is 11. The van der Waals surface area contributed by atoms with E-state index in [2.05, 4.69) is 11.8 Å². The van der Waals surface area contributed by atoms with Crippen molar-refractivity contribution in [2.75, 3.05) is 48.1 Å². The number of ether oxygens (including phenoxy) is 5. The third kappa shape index (κ3) is 3.28. The Balaban J connectivity index is 1.48. The van der Waals surface area contributed by atoms with Crippen molar-refractivity contribution in [3.63, 3.8) is 0 Å². The number of nitrogens with zero attached hydrogens (tertiary/aromatic N) is 1. The molecule has 43 heavy (non-hydrogen) atoms. The van der Waals surface area contributed by atoms with Gasteiger partial charge in [-0.2, -0.15) is 0 Å². The van der Waals surface area contributed by atoms with E-state index in [9.17, 15) is 25.2 Å². The van der Waals surface area contributed by atoms with Gasteiger partial charge in [0.25, 0.3) is 0 Å². The highest BCUT2D eigenvalue weighted by Gasteiger charge is 2.91. The van der Waals surface area contributed by atoms with Gasteiger partial charge in [0.1, 0.15) is 29.5 Å². The Hall–Kier alpha value is -1.67. The van der Waals surface area contributed by atoms with Crippen LogP contribution in [0.5, 0.6) is 0 Å². The lowest BCUT2D eigenvalue weighted by Gasteiger charge is -2.70. The summed E-state index contributed by atoms with van der Waals surface area (Å²) in [6.07, 6.45) is -5.27. The van der Waals surface area contributed by atoms with E-state index in [0.717, 1.165) is 0 Å². The van der Waals surface area contributed by atoms with Gasteiger partial charge in [-0.25, -0.2) is 4.79 Å². The lowest BCUT2D eigenvalue weighted by Crippen LogP contribution is -2.81. The zero-order valence-corrected chi connectivity index (χ0v) is 25.5. The van der Waals surface area contributed by atoms with Crippen LogP contribution in [0.1, 0.15) is 30.1 Å². The molecule has 0 amide bonds. The van der Waals surface area contributed by atoms with Gasteiger partial charge < -0.3 is 44.1 Å². The number of piperidine rings is 1. The highest BCUT2D eigenvalue weighted by atomic mass is 16.6. The number of fused-ring (bicyclic) bond motifs is 2. The molecule has 1 spiro atoms. The highest BCUT2D eigenvalue weighted by Crippen LogP contribution is 2.80. The fourth-order valence-corrected chi connectivity index (χ4v) is 11.9. The first-order valence-electron chi connectivity index (χ1n) is 15.5. The topological polar surface area (TPSA) is 147 Å². The van der Waals surface area contributed by atoms with E-state index < -0.39 is 82.4 Å². The molecule has 5 saturated carbocycles. The van der Waals surface area contributed by atoms with E-state index in [1.54, 1.807) is 51.7 Å². The monoisotopic (exact) mass is 603 g/mol. The predicted molar refractivity (Wildman–Crippen MR) is 151 cm³/mol. The maximum Gasteiger partial charge on any atom is 0.338 e. The van der Waals surface area contributed by atoms with Crippen LogP contribution in [-0.2, 0) is 23.7 Å². The number of esters is 1. The first kappa shape index (κ1) is 30.0. The lowest BCUT2D eigenvalue weighted by atomic mass is 9.42. The van der Waals surface area contributed by atoms with Crippen LogP contribution in [0.15, 0.2) is 30.3 Å². The maximum atomic E-state index is 13.6. The van der Waals surface area contributed by atoms with E-state index in [1.807, 2.05) is 0 Å².